The van der Waals surface area contributed by atoms with Crippen molar-refractivity contribution in [3.05, 3.63) is 17.0 Å². The first-order valence-corrected chi connectivity index (χ1v) is 3.89. The van der Waals surface area contributed by atoms with Crippen LogP contribution in [0.2, 0.25) is 0 Å². The Balaban J connectivity index is 2.91. The minimum Gasteiger partial charge on any atom is -0.481 e. The zero-order chi connectivity index (χ0) is 9.14. The van der Waals surface area contributed by atoms with E-state index in [9.17, 15) is 4.79 Å². The third-order valence-electron chi connectivity index (χ3n) is 1.83. The maximum absolute atomic E-state index is 10.4. The van der Waals surface area contributed by atoms with Crippen molar-refractivity contribution in [1.82, 2.24) is 10.2 Å². The molecule has 0 aliphatic carbocycles. The summed E-state index contributed by atoms with van der Waals surface area (Å²) >= 11 is 0. The van der Waals surface area contributed by atoms with Gasteiger partial charge in [0.25, 0.3) is 0 Å². The molecule has 12 heavy (non-hydrogen) atoms. The summed E-state index contributed by atoms with van der Waals surface area (Å²) < 4.78 is 0. The first kappa shape index (κ1) is 8.77. The number of carboxylic acids is 1. The van der Waals surface area contributed by atoms with E-state index < -0.39 is 5.97 Å². The van der Waals surface area contributed by atoms with E-state index in [1.54, 1.807) is 0 Å². The van der Waals surface area contributed by atoms with E-state index in [2.05, 4.69) is 10.2 Å². The first-order valence-electron chi connectivity index (χ1n) is 3.89. The Hall–Kier alpha value is -1.32. The zero-order valence-corrected chi connectivity index (χ0v) is 7.22. The molecular formula is C8H12N2O2. The maximum atomic E-state index is 10.4. The van der Waals surface area contributed by atoms with Crippen LogP contribution in [0.5, 0.6) is 0 Å². The van der Waals surface area contributed by atoms with Crippen molar-refractivity contribution in [2.24, 2.45) is 0 Å². The Bertz CT molecular complexity index is 291. The average Bonchev–Trinajstić information content (AvgIpc) is 2.30. The molecule has 0 saturated carbocycles. The largest absolute Gasteiger partial charge is 0.481 e. The number of nitrogens with one attached hydrogen (secondary N) is 1. The van der Waals surface area contributed by atoms with Crippen molar-refractivity contribution in [3.8, 4) is 0 Å². The maximum Gasteiger partial charge on any atom is 0.309 e. The molecule has 4 heteroatoms. The second-order valence-corrected chi connectivity index (χ2v) is 2.70. The Labute approximate surface area is 70.6 Å². The van der Waals surface area contributed by atoms with Crippen LogP contribution in [0.3, 0.4) is 0 Å². The number of rotatable bonds is 3. The van der Waals surface area contributed by atoms with Crippen LogP contribution < -0.4 is 0 Å². The Morgan fingerprint density at radius 3 is 2.83 bits per heavy atom. The Kier molecular flexibility index (Phi) is 2.47. The number of aliphatic carboxylic acids is 1. The number of aryl methyl sites for hydroxylation is 1. The Morgan fingerprint density at radius 2 is 2.33 bits per heavy atom. The number of nitrogens with zero attached hydrogens (tertiary/aromatic N) is 1. The molecule has 0 aliphatic heterocycles. The van der Waals surface area contributed by atoms with Gasteiger partial charge in [0.2, 0.25) is 0 Å². The summed E-state index contributed by atoms with van der Waals surface area (Å²) in [6.07, 6.45) is 0.832. The number of H-pyrrole nitrogens is 1. The quantitative estimate of drug-likeness (QED) is 0.704. The van der Waals surface area contributed by atoms with Crippen LogP contribution in [0, 0.1) is 6.92 Å². The van der Waals surface area contributed by atoms with Gasteiger partial charge >= 0.3 is 5.97 Å². The van der Waals surface area contributed by atoms with Gasteiger partial charge in [-0.25, -0.2) is 0 Å². The van der Waals surface area contributed by atoms with Crippen LogP contribution in [-0.4, -0.2) is 21.3 Å². The molecule has 0 bridgehead atoms. The summed E-state index contributed by atoms with van der Waals surface area (Å²) in [5, 5.41) is 15.2. The van der Waals surface area contributed by atoms with Crippen molar-refractivity contribution in [1.29, 1.82) is 0 Å². The molecule has 4 nitrogen and oxygen atoms in total. The Morgan fingerprint density at radius 1 is 1.67 bits per heavy atom. The van der Waals surface area contributed by atoms with E-state index >= 15 is 0 Å². The van der Waals surface area contributed by atoms with Gasteiger partial charge in [-0.2, -0.15) is 5.10 Å². The highest BCUT2D eigenvalue weighted by Gasteiger charge is 2.10. The molecule has 0 atom stereocenters. The lowest BCUT2D eigenvalue weighted by Crippen LogP contribution is -2.02. The summed E-state index contributed by atoms with van der Waals surface area (Å²) in [6.45, 7) is 3.89. The molecule has 0 radical (unpaired) electrons. The van der Waals surface area contributed by atoms with Crippen LogP contribution >= 0.6 is 0 Å². The summed E-state index contributed by atoms with van der Waals surface area (Å²) in [4.78, 5) is 10.4. The lowest BCUT2D eigenvalue weighted by molar-refractivity contribution is -0.136. The van der Waals surface area contributed by atoms with Gasteiger partial charge in [0.15, 0.2) is 0 Å². The highest BCUT2D eigenvalue weighted by molar-refractivity contribution is 5.70. The summed E-state index contributed by atoms with van der Waals surface area (Å²) in [5.41, 5.74) is 2.65. The lowest BCUT2D eigenvalue weighted by atomic mass is 10.1. The van der Waals surface area contributed by atoms with Gasteiger partial charge in [-0.15, -0.1) is 0 Å². The fourth-order valence-electron chi connectivity index (χ4n) is 1.26. The summed E-state index contributed by atoms with van der Waals surface area (Å²) in [6, 6.07) is 0. The molecule has 0 unspecified atom stereocenters. The predicted octanol–water partition coefficient (Wildman–Crippen LogP) is 0.908. The molecule has 0 saturated heterocycles. The monoisotopic (exact) mass is 168 g/mol. The molecule has 1 heterocycles. The SMILES string of the molecule is CCc1c(CC(=O)O)n[nH]c1C. The third-order valence-corrected chi connectivity index (χ3v) is 1.83. The molecular weight excluding hydrogens is 156 g/mol. The van der Waals surface area contributed by atoms with Crippen molar-refractivity contribution in [2.45, 2.75) is 26.7 Å². The van der Waals surface area contributed by atoms with E-state index in [-0.39, 0.29) is 6.42 Å². The summed E-state index contributed by atoms with van der Waals surface area (Å²) in [5.74, 6) is -0.837. The van der Waals surface area contributed by atoms with E-state index in [4.69, 9.17) is 5.11 Å². The zero-order valence-electron chi connectivity index (χ0n) is 7.22. The van der Waals surface area contributed by atoms with Gasteiger partial charge in [0, 0.05) is 5.69 Å². The second kappa shape index (κ2) is 3.38. The average molecular weight is 168 g/mol. The molecule has 0 fully saturated rings. The first-order chi connectivity index (χ1) is 5.65. The van der Waals surface area contributed by atoms with Gasteiger partial charge in [0.05, 0.1) is 12.1 Å². The minimum absolute atomic E-state index is 0.00745. The van der Waals surface area contributed by atoms with E-state index in [1.165, 1.54) is 0 Å². The number of hydrogen-bond donors (Lipinski definition) is 2. The molecule has 1 aromatic heterocycles. The van der Waals surface area contributed by atoms with Crippen molar-refractivity contribution >= 4 is 5.97 Å². The van der Waals surface area contributed by atoms with Crippen LogP contribution in [-0.2, 0) is 17.6 Å². The van der Waals surface area contributed by atoms with Gasteiger partial charge in [-0.1, -0.05) is 6.92 Å². The van der Waals surface area contributed by atoms with Crippen LogP contribution in [0.4, 0.5) is 0 Å². The van der Waals surface area contributed by atoms with E-state index in [0.29, 0.717) is 5.69 Å². The number of aromatic amines is 1. The number of hydrogen-bond acceptors (Lipinski definition) is 2. The van der Waals surface area contributed by atoms with Crippen molar-refractivity contribution < 1.29 is 9.90 Å². The number of carbonyl (C=O) groups is 1. The smallest absolute Gasteiger partial charge is 0.309 e. The molecule has 0 aromatic carbocycles. The van der Waals surface area contributed by atoms with Crippen LogP contribution in [0.1, 0.15) is 23.9 Å². The van der Waals surface area contributed by atoms with Gasteiger partial charge < -0.3 is 5.11 Å². The molecule has 1 rings (SSSR count). The van der Waals surface area contributed by atoms with Crippen LogP contribution in [0.15, 0.2) is 0 Å². The fraction of sp³-hybridized carbons (Fsp3) is 0.500. The van der Waals surface area contributed by atoms with Crippen molar-refractivity contribution in [3.63, 3.8) is 0 Å². The molecule has 0 amide bonds. The molecule has 2 N–H and O–H groups in total. The minimum atomic E-state index is -0.837. The van der Waals surface area contributed by atoms with Gasteiger partial charge in [0.1, 0.15) is 0 Å². The highest BCUT2D eigenvalue weighted by atomic mass is 16.4. The summed E-state index contributed by atoms with van der Waals surface area (Å²) in [7, 11) is 0. The number of carboxylic acid groups (broad SMARTS) is 1. The van der Waals surface area contributed by atoms with Crippen molar-refractivity contribution in [2.75, 3.05) is 0 Å². The normalized spacial score (nSPS) is 10.2. The lowest BCUT2D eigenvalue weighted by Gasteiger charge is -1.95. The van der Waals surface area contributed by atoms with E-state index in [0.717, 1.165) is 17.7 Å². The number of aromatic nitrogens is 2. The molecule has 0 aliphatic rings. The molecule has 0 spiro atoms. The predicted molar refractivity (Wildman–Crippen MR) is 44.0 cm³/mol. The standard InChI is InChI=1S/C8H12N2O2/c1-3-6-5(2)9-10-7(6)4-8(11)12/h3-4H2,1-2H3,(H,9,10)(H,11,12). The fourth-order valence-corrected chi connectivity index (χ4v) is 1.26. The molecule has 66 valence electrons. The molecule has 1 aromatic rings. The highest BCUT2D eigenvalue weighted by Crippen LogP contribution is 2.11. The van der Waals surface area contributed by atoms with Crippen LogP contribution in [0.25, 0.3) is 0 Å². The van der Waals surface area contributed by atoms with Gasteiger partial charge in [-0.3, -0.25) is 9.89 Å². The third kappa shape index (κ3) is 1.64. The topological polar surface area (TPSA) is 66.0 Å². The van der Waals surface area contributed by atoms with Gasteiger partial charge in [-0.05, 0) is 18.9 Å². The second-order valence-electron chi connectivity index (χ2n) is 2.70. The van der Waals surface area contributed by atoms with E-state index in [1.807, 2.05) is 13.8 Å².